The third-order valence-electron chi connectivity index (χ3n) is 2.05. The number of benzene rings is 1. The van der Waals surface area contributed by atoms with Gasteiger partial charge in [0.1, 0.15) is 6.54 Å². The molecule has 17 heavy (non-hydrogen) atoms. The molecular weight excluding hydrogens is 220 g/mol. The topological polar surface area (TPSA) is 84.6 Å². The Balaban J connectivity index is 2.98. The average Bonchev–Trinajstić information content (AvgIpc) is 2.31. The first kappa shape index (κ1) is 12.4. The minimum atomic E-state index is -0.472. The van der Waals surface area contributed by atoms with Gasteiger partial charge in [-0.05, 0) is 18.2 Å². The van der Waals surface area contributed by atoms with Crippen LogP contribution in [0.15, 0.2) is 18.2 Å². The van der Waals surface area contributed by atoms with Crippen LogP contribution in [0.4, 0.5) is 0 Å². The van der Waals surface area contributed by atoms with Gasteiger partial charge in [-0.15, -0.1) is 6.42 Å². The molecule has 0 aliphatic carbocycles. The predicted molar refractivity (Wildman–Crippen MR) is 60.1 cm³/mol. The number of nitriles is 1. The average molecular weight is 230 g/mol. The molecule has 0 atom stereocenters. The first-order valence-electron chi connectivity index (χ1n) is 4.71. The lowest BCUT2D eigenvalue weighted by Gasteiger charge is -2.16. The van der Waals surface area contributed by atoms with Crippen molar-refractivity contribution in [3.8, 4) is 29.9 Å². The maximum Gasteiger partial charge on any atom is 0.255 e. The number of terminal acetylenes is 1. The molecule has 1 aromatic rings. The van der Waals surface area contributed by atoms with Crippen LogP contribution >= 0.6 is 0 Å². The van der Waals surface area contributed by atoms with Crippen molar-refractivity contribution in [1.29, 1.82) is 5.26 Å². The van der Waals surface area contributed by atoms with E-state index in [2.05, 4.69) is 5.92 Å². The van der Waals surface area contributed by atoms with Gasteiger partial charge < -0.3 is 15.1 Å². The lowest BCUT2D eigenvalue weighted by Crippen LogP contribution is -2.31. The highest BCUT2D eigenvalue weighted by Crippen LogP contribution is 2.25. The van der Waals surface area contributed by atoms with E-state index in [-0.39, 0.29) is 24.4 Å². The quantitative estimate of drug-likeness (QED) is 0.454. The highest BCUT2D eigenvalue weighted by Gasteiger charge is 2.15. The molecule has 0 saturated heterocycles. The monoisotopic (exact) mass is 230 g/mol. The third-order valence-corrected chi connectivity index (χ3v) is 2.05. The molecule has 0 heterocycles. The smallest absolute Gasteiger partial charge is 0.255 e. The third kappa shape index (κ3) is 2.90. The van der Waals surface area contributed by atoms with Crippen LogP contribution in [0.2, 0.25) is 0 Å². The number of phenols is 2. The summed E-state index contributed by atoms with van der Waals surface area (Å²) in [5.74, 6) is 1.09. The van der Waals surface area contributed by atoms with Gasteiger partial charge in [0.05, 0.1) is 12.6 Å². The van der Waals surface area contributed by atoms with Crippen LogP contribution in [0.5, 0.6) is 11.5 Å². The Morgan fingerprint density at radius 2 is 2.06 bits per heavy atom. The van der Waals surface area contributed by atoms with Crippen molar-refractivity contribution in [1.82, 2.24) is 4.90 Å². The van der Waals surface area contributed by atoms with Gasteiger partial charge in [0.15, 0.2) is 11.5 Å². The van der Waals surface area contributed by atoms with Gasteiger partial charge in [-0.25, -0.2) is 0 Å². The second-order valence-electron chi connectivity index (χ2n) is 3.23. The normalized spacial score (nSPS) is 9.06. The molecule has 86 valence electrons. The zero-order valence-electron chi connectivity index (χ0n) is 8.92. The molecule has 0 bridgehead atoms. The molecule has 0 radical (unpaired) electrons. The van der Waals surface area contributed by atoms with Gasteiger partial charge in [-0.2, -0.15) is 5.26 Å². The van der Waals surface area contributed by atoms with Gasteiger partial charge in [-0.3, -0.25) is 4.79 Å². The van der Waals surface area contributed by atoms with Gasteiger partial charge in [0, 0.05) is 5.56 Å². The molecule has 0 unspecified atom stereocenters. The van der Waals surface area contributed by atoms with Gasteiger partial charge in [-0.1, -0.05) is 5.92 Å². The van der Waals surface area contributed by atoms with E-state index in [9.17, 15) is 9.90 Å². The van der Waals surface area contributed by atoms with Crippen molar-refractivity contribution < 1.29 is 15.0 Å². The van der Waals surface area contributed by atoms with E-state index in [1.165, 1.54) is 12.1 Å². The van der Waals surface area contributed by atoms with Crippen LogP contribution in [-0.2, 0) is 0 Å². The molecule has 0 aliphatic rings. The molecule has 2 N–H and O–H groups in total. The van der Waals surface area contributed by atoms with Crippen molar-refractivity contribution in [3.05, 3.63) is 23.8 Å². The summed E-state index contributed by atoms with van der Waals surface area (Å²) >= 11 is 0. The number of phenolic OH excluding ortho intramolecular Hbond substituents is 2. The van der Waals surface area contributed by atoms with Crippen molar-refractivity contribution >= 4 is 5.91 Å². The van der Waals surface area contributed by atoms with E-state index in [1.54, 1.807) is 0 Å². The summed E-state index contributed by atoms with van der Waals surface area (Å²) in [5, 5.41) is 26.9. The summed E-state index contributed by atoms with van der Waals surface area (Å²) in [5.41, 5.74) is 0.158. The summed E-state index contributed by atoms with van der Waals surface area (Å²) in [7, 11) is 0. The Morgan fingerprint density at radius 1 is 1.35 bits per heavy atom. The molecular formula is C12H10N2O3. The number of hydrogen-bond donors (Lipinski definition) is 2. The fourth-order valence-corrected chi connectivity index (χ4v) is 1.23. The van der Waals surface area contributed by atoms with Gasteiger partial charge in [0.25, 0.3) is 5.91 Å². The number of carbonyl (C=O) groups is 1. The second kappa shape index (κ2) is 5.43. The minimum absolute atomic E-state index is 0.00797. The zero-order chi connectivity index (χ0) is 12.8. The van der Waals surface area contributed by atoms with E-state index in [0.29, 0.717) is 0 Å². The van der Waals surface area contributed by atoms with Crippen LogP contribution in [0, 0.1) is 23.7 Å². The molecule has 1 amide bonds. The first-order chi connectivity index (χ1) is 8.10. The molecule has 0 saturated carbocycles. The largest absolute Gasteiger partial charge is 0.504 e. The van der Waals surface area contributed by atoms with Crippen LogP contribution in [0.25, 0.3) is 0 Å². The SMILES string of the molecule is C#CCN(CC#N)C(=O)c1ccc(O)c(O)c1. The number of hydrogen-bond acceptors (Lipinski definition) is 4. The van der Waals surface area contributed by atoms with E-state index < -0.39 is 11.7 Å². The van der Waals surface area contributed by atoms with Crippen molar-refractivity contribution in [2.75, 3.05) is 13.1 Å². The summed E-state index contributed by atoms with van der Waals surface area (Å²) < 4.78 is 0. The van der Waals surface area contributed by atoms with Crippen LogP contribution in [0.1, 0.15) is 10.4 Å². The number of aromatic hydroxyl groups is 2. The van der Waals surface area contributed by atoms with E-state index >= 15 is 0 Å². The molecule has 0 aromatic heterocycles. The Bertz CT molecular complexity index is 495. The predicted octanol–water partition coefficient (Wildman–Crippen LogP) is 0.697. The van der Waals surface area contributed by atoms with E-state index in [1.807, 2.05) is 6.07 Å². The maximum absolute atomic E-state index is 11.9. The standard InChI is InChI=1S/C12H10N2O3/c1-2-6-14(7-5-13)12(17)9-3-4-10(15)11(16)8-9/h1,3-4,8,15-16H,6-7H2. The summed E-state index contributed by atoms with van der Waals surface area (Å²) in [6, 6.07) is 5.49. The van der Waals surface area contributed by atoms with Crippen molar-refractivity contribution in [2.24, 2.45) is 0 Å². The Morgan fingerprint density at radius 3 is 2.59 bits per heavy atom. The number of rotatable bonds is 3. The van der Waals surface area contributed by atoms with Crippen LogP contribution in [0.3, 0.4) is 0 Å². The number of carbonyl (C=O) groups excluding carboxylic acids is 1. The Labute approximate surface area is 98.5 Å². The fraction of sp³-hybridized carbons (Fsp3) is 0.167. The molecule has 1 aromatic carbocycles. The molecule has 0 aliphatic heterocycles. The van der Waals surface area contributed by atoms with Crippen molar-refractivity contribution in [3.63, 3.8) is 0 Å². The zero-order valence-corrected chi connectivity index (χ0v) is 8.92. The van der Waals surface area contributed by atoms with Gasteiger partial charge in [0.2, 0.25) is 0 Å². The van der Waals surface area contributed by atoms with Gasteiger partial charge >= 0.3 is 0 Å². The minimum Gasteiger partial charge on any atom is -0.504 e. The molecule has 5 heteroatoms. The molecule has 0 fully saturated rings. The van der Waals surface area contributed by atoms with Crippen LogP contribution < -0.4 is 0 Å². The maximum atomic E-state index is 11.9. The highest BCUT2D eigenvalue weighted by atomic mass is 16.3. The lowest BCUT2D eigenvalue weighted by molar-refractivity contribution is 0.0795. The second-order valence-corrected chi connectivity index (χ2v) is 3.23. The van der Waals surface area contributed by atoms with E-state index in [4.69, 9.17) is 16.8 Å². The molecule has 5 nitrogen and oxygen atoms in total. The highest BCUT2D eigenvalue weighted by molar-refractivity contribution is 5.95. The number of nitrogens with zero attached hydrogens (tertiary/aromatic N) is 2. The number of amides is 1. The Hall–Kier alpha value is -2.66. The van der Waals surface area contributed by atoms with E-state index in [0.717, 1.165) is 11.0 Å². The first-order valence-corrected chi connectivity index (χ1v) is 4.71. The molecule has 0 spiro atoms. The summed E-state index contributed by atoms with van der Waals surface area (Å²) in [6.07, 6.45) is 5.09. The lowest BCUT2D eigenvalue weighted by atomic mass is 10.1. The summed E-state index contributed by atoms with van der Waals surface area (Å²) in [4.78, 5) is 13.0. The van der Waals surface area contributed by atoms with Crippen molar-refractivity contribution in [2.45, 2.75) is 0 Å². The van der Waals surface area contributed by atoms with Crippen LogP contribution in [-0.4, -0.2) is 34.1 Å². The summed E-state index contributed by atoms with van der Waals surface area (Å²) in [6.45, 7) is -0.126. The molecule has 1 rings (SSSR count). The Kier molecular flexibility index (Phi) is 3.96. The fourth-order valence-electron chi connectivity index (χ4n) is 1.23.